The molecule has 2 heterocycles. The van der Waals surface area contributed by atoms with E-state index in [1.165, 1.54) is 0 Å². The summed E-state index contributed by atoms with van der Waals surface area (Å²) in [4.78, 5) is 7.70. The van der Waals surface area contributed by atoms with Crippen LogP contribution in [0.5, 0.6) is 0 Å². The number of hydrogen-bond donors (Lipinski definition) is 0. The molecule has 0 N–H and O–H groups in total. The first-order valence-corrected chi connectivity index (χ1v) is 4.77. The maximum atomic E-state index is 5.74. The summed E-state index contributed by atoms with van der Waals surface area (Å²) in [6.45, 7) is 0. The minimum atomic E-state index is 0.131. The Kier molecular flexibility index (Phi) is 2.14. The van der Waals surface area contributed by atoms with Crippen LogP contribution < -0.4 is 0 Å². The van der Waals surface area contributed by atoms with Gasteiger partial charge in [0.25, 0.3) is 0 Å². The number of rotatable bonds is 0. The second kappa shape index (κ2) is 3.01. The minimum absolute atomic E-state index is 0.131. The van der Waals surface area contributed by atoms with Crippen molar-refractivity contribution >= 4 is 56.9 Å². The monoisotopic (exact) mass is 314 g/mol. The van der Waals surface area contributed by atoms with E-state index in [2.05, 4.69) is 32.6 Å². The van der Waals surface area contributed by atoms with Crippen molar-refractivity contribution in [2.45, 2.75) is 0 Å². The number of fused-ring (bicyclic) bond motifs is 1. The van der Waals surface area contributed by atoms with Crippen molar-refractivity contribution in [1.82, 2.24) is 9.97 Å². The molecule has 62 valence electrons. The highest BCUT2D eigenvalue weighted by Crippen LogP contribution is 2.26. The predicted octanol–water partition coefficient (Wildman–Crippen LogP) is 3.13. The van der Waals surface area contributed by atoms with Crippen LogP contribution in [0, 0.1) is 3.57 Å². The third-order valence-corrected chi connectivity index (χ3v) is 2.49. The standard InChI is InChI=1S/C6HCl2IN2O/c7-5-4-3(2(9)1-12-4)10-6(8)11-5/h1H. The molecule has 0 aliphatic carbocycles. The van der Waals surface area contributed by atoms with Crippen LogP contribution in [0.25, 0.3) is 11.1 Å². The first-order valence-electron chi connectivity index (χ1n) is 2.94. The van der Waals surface area contributed by atoms with Crippen LogP contribution in [-0.2, 0) is 0 Å². The Labute approximate surface area is 91.2 Å². The van der Waals surface area contributed by atoms with Crippen molar-refractivity contribution in [3.05, 3.63) is 20.3 Å². The van der Waals surface area contributed by atoms with Gasteiger partial charge in [0.15, 0.2) is 10.7 Å². The van der Waals surface area contributed by atoms with Crippen molar-refractivity contribution in [1.29, 1.82) is 0 Å². The molecule has 0 aliphatic heterocycles. The van der Waals surface area contributed by atoms with Gasteiger partial charge in [-0.25, -0.2) is 9.97 Å². The van der Waals surface area contributed by atoms with Crippen LogP contribution in [0.1, 0.15) is 0 Å². The van der Waals surface area contributed by atoms with E-state index in [-0.39, 0.29) is 10.4 Å². The van der Waals surface area contributed by atoms with Crippen molar-refractivity contribution in [2.75, 3.05) is 0 Å². The Morgan fingerprint density at radius 2 is 2.08 bits per heavy atom. The van der Waals surface area contributed by atoms with Crippen LogP contribution in [0.3, 0.4) is 0 Å². The van der Waals surface area contributed by atoms with Crippen molar-refractivity contribution in [2.24, 2.45) is 0 Å². The molecule has 0 amide bonds. The smallest absolute Gasteiger partial charge is 0.224 e. The fourth-order valence-corrected chi connectivity index (χ4v) is 1.75. The van der Waals surface area contributed by atoms with E-state index in [1.807, 2.05) is 0 Å². The van der Waals surface area contributed by atoms with E-state index >= 15 is 0 Å². The molecule has 0 unspecified atom stereocenters. The van der Waals surface area contributed by atoms with Gasteiger partial charge in [0.1, 0.15) is 11.8 Å². The molecule has 12 heavy (non-hydrogen) atoms. The fraction of sp³-hybridized carbons (Fsp3) is 0. The maximum Gasteiger partial charge on any atom is 0.224 e. The van der Waals surface area contributed by atoms with Gasteiger partial charge in [0.05, 0.1) is 3.57 Å². The molecule has 3 nitrogen and oxygen atoms in total. The van der Waals surface area contributed by atoms with Crippen molar-refractivity contribution < 1.29 is 4.42 Å². The second-order valence-corrected chi connectivity index (χ2v) is 3.90. The van der Waals surface area contributed by atoms with Gasteiger partial charge in [0.2, 0.25) is 5.28 Å². The van der Waals surface area contributed by atoms with E-state index in [0.717, 1.165) is 3.57 Å². The predicted molar refractivity (Wildman–Crippen MR) is 54.5 cm³/mol. The number of hydrogen-bond acceptors (Lipinski definition) is 3. The highest BCUT2D eigenvalue weighted by Gasteiger charge is 2.10. The molecule has 0 saturated carbocycles. The Balaban J connectivity index is 2.92. The quantitative estimate of drug-likeness (QED) is 0.426. The summed E-state index contributed by atoms with van der Waals surface area (Å²) in [6, 6.07) is 0. The van der Waals surface area contributed by atoms with E-state index in [1.54, 1.807) is 6.26 Å². The molecule has 0 aromatic carbocycles. The topological polar surface area (TPSA) is 38.9 Å². The molecule has 0 spiro atoms. The molecule has 0 bridgehead atoms. The van der Waals surface area contributed by atoms with Crippen LogP contribution in [0.2, 0.25) is 10.4 Å². The molecule has 2 aromatic heterocycles. The first-order chi connectivity index (χ1) is 5.68. The van der Waals surface area contributed by atoms with E-state index in [4.69, 9.17) is 27.6 Å². The lowest BCUT2D eigenvalue weighted by atomic mass is 10.5. The average Bonchev–Trinajstić information content (AvgIpc) is 2.33. The molecule has 2 rings (SSSR count). The molecule has 0 atom stereocenters. The van der Waals surface area contributed by atoms with Gasteiger partial charge in [-0.05, 0) is 34.2 Å². The zero-order chi connectivity index (χ0) is 8.72. The molecule has 0 radical (unpaired) electrons. The molecule has 0 saturated heterocycles. The van der Waals surface area contributed by atoms with Crippen molar-refractivity contribution in [3.8, 4) is 0 Å². The average molecular weight is 315 g/mol. The number of furan rings is 1. The van der Waals surface area contributed by atoms with E-state index in [0.29, 0.717) is 11.1 Å². The van der Waals surface area contributed by atoms with Crippen LogP contribution >= 0.6 is 45.8 Å². The van der Waals surface area contributed by atoms with Gasteiger partial charge in [-0.1, -0.05) is 11.6 Å². The number of nitrogens with zero attached hydrogens (tertiary/aromatic N) is 2. The summed E-state index contributed by atoms with van der Waals surface area (Å²) in [5, 5.41) is 0.375. The number of aromatic nitrogens is 2. The lowest BCUT2D eigenvalue weighted by Crippen LogP contribution is -1.83. The van der Waals surface area contributed by atoms with Gasteiger partial charge < -0.3 is 4.42 Å². The van der Waals surface area contributed by atoms with E-state index in [9.17, 15) is 0 Å². The van der Waals surface area contributed by atoms with Crippen LogP contribution in [-0.4, -0.2) is 9.97 Å². The Hall–Kier alpha value is -0.0700. The molecular formula is C6HCl2IN2O. The highest BCUT2D eigenvalue weighted by atomic mass is 127. The summed E-state index contributed by atoms with van der Waals surface area (Å²) < 4.78 is 5.98. The van der Waals surface area contributed by atoms with Gasteiger partial charge >= 0.3 is 0 Å². The minimum Gasteiger partial charge on any atom is -0.458 e. The summed E-state index contributed by atoms with van der Waals surface area (Å²) in [5.41, 5.74) is 1.13. The first kappa shape index (κ1) is 8.52. The maximum absolute atomic E-state index is 5.74. The second-order valence-electron chi connectivity index (χ2n) is 2.04. The molecule has 2 aromatic rings. The Bertz CT molecular complexity index is 442. The largest absolute Gasteiger partial charge is 0.458 e. The van der Waals surface area contributed by atoms with Gasteiger partial charge in [-0.2, -0.15) is 0 Å². The molecule has 6 heteroatoms. The van der Waals surface area contributed by atoms with Gasteiger partial charge in [-0.15, -0.1) is 0 Å². The fourth-order valence-electron chi connectivity index (χ4n) is 0.830. The lowest BCUT2D eigenvalue weighted by molar-refractivity contribution is 0.611. The van der Waals surface area contributed by atoms with Crippen LogP contribution in [0.4, 0.5) is 0 Å². The van der Waals surface area contributed by atoms with Gasteiger partial charge in [-0.3, -0.25) is 0 Å². The summed E-state index contributed by atoms with van der Waals surface area (Å²) >= 11 is 13.4. The third-order valence-electron chi connectivity index (χ3n) is 1.30. The van der Waals surface area contributed by atoms with Crippen molar-refractivity contribution in [3.63, 3.8) is 0 Å². The zero-order valence-corrected chi connectivity index (χ0v) is 9.18. The number of halogens is 3. The van der Waals surface area contributed by atoms with E-state index < -0.39 is 0 Å². The van der Waals surface area contributed by atoms with Crippen LogP contribution in [0.15, 0.2) is 10.7 Å². The molecular weight excluding hydrogens is 314 g/mol. The SMILES string of the molecule is Clc1nc(Cl)c2occ(I)c2n1. The molecule has 0 aliphatic rings. The summed E-state index contributed by atoms with van der Waals surface area (Å²) in [6.07, 6.45) is 1.56. The molecule has 0 fully saturated rings. The lowest BCUT2D eigenvalue weighted by Gasteiger charge is -1.91. The highest BCUT2D eigenvalue weighted by molar-refractivity contribution is 14.1. The summed E-state index contributed by atoms with van der Waals surface area (Å²) in [5.74, 6) is 0. The van der Waals surface area contributed by atoms with Gasteiger partial charge in [0, 0.05) is 0 Å². The zero-order valence-electron chi connectivity index (χ0n) is 5.51. The third kappa shape index (κ3) is 1.27. The normalized spacial score (nSPS) is 10.9. The Morgan fingerprint density at radius 1 is 1.33 bits per heavy atom. The Morgan fingerprint density at radius 3 is 2.83 bits per heavy atom. The summed E-state index contributed by atoms with van der Waals surface area (Å²) in [7, 11) is 0.